The van der Waals surface area contributed by atoms with Gasteiger partial charge in [-0.3, -0.25) is 5.32 Å². The Labute approximate surface area is 119 Å². The molecule has 0 saturated carbocycles. The van der Waals surface area contributed by atoms with E-state index in [1.807, 2.05) is 12.1 Å². The Morgan fingerprint density at radius 1 is 1.39 bits per heavy atom. The molecule has 0 radical (unpaired) electrons. The maximum Gasteiger partial charge on any atom is 0.0692 e. The number of halogens is 2. The lowest BCUT2D eigenvalue weighted by molar-refractivity contribution is 0.475. The molecule has 18 heavy (non-hydrogen) atoms. The van der Waals surface area contributed by atoms with Crippen LogP contribution in [0.15, 0.2) is 18.2 Å². The van der Waals surface area contributed by atoms with E-state index in [0.29, 0.717) is 16.6 Å². The van der Waals surface area contributed by atoms with Crippen molar-refractivity contribution in [2.45, 2.75) is 31.8 Å². The van der Waals surface area contributed by atoms with Crippen molar-refractivity contribution in [2.24, 2.45) is 5.73 Å². The summed E-state index contributed by atoms with van der Waals surface area (Å²) in [5.74, 6) is 2.74. The van der Waals surface area contributed by atoms with E-state index in [2.05, 4.69) is 18.2 Å². The molecule has 0 bridgehead atoms. The molecule has 1 rings (SSSR count). The summed E-state index contributed by atoms with van der Waals surface area (Å²) in [6, 6.07) is 5.53. The van der Waals surface area contributed by atoms with Gasteiger partial charge in [-0.05, 0) is 24.1 Å². The second-order valence-electron chi connectivity index (χ2n) is 4.14. The van der Waals surface area contributed by atoms with Crippen LogP contribution in [0.5, 0.6) is 0 Å². The molecule has 0 aliphatic heterocycles. The van der Waals surface area contributed by atoms with Gasteiger partial charge in [0.1, 0.15) is 0 Å². The number of nitrogens with two attached hydrogens (primary N) is 1. The second kappa shape index (κ2) is 7.66. The topological polar surface area (TPSA) is 38.0 Å². The lowest BCUT2D eigenvalue weighted by Crippen LogP contribution is -2.35. The number of benzene rings is 1. The standard InChI is InChI=1S/C14H18Cl2N2/c1-3-5-11(4-2)18-14(9-17)10-6-7-12(15)13(16)8-10/h2,6-8,11,14,18H,3,5,9,17H2,1H3. The molecule has 98 valence electrons. The summed E-state index contributed by atoms with van der Waals surface area (Å²) >= 11 is 11.9. The van der Waals surface area contributed by atoms with Gasteiger partial charge in [0.15, 0.2) is 0 Å². The molecule has 0 aliphatic rings. The fraction of sp³-hybridized carbons (Fsp3) is 0.429. The van der Waals surface area contributed by atoms with Gasteiger partial charge in [0.2, 0.25) is 0 Å². The minimum Gasteiger partial charge on any atom is -0.329 e. The number of terminal acetylenes is 1. The van der Waals surface area contributed by atoms with Gasteiger partial charge in [-0.1, -0.05) is 48.5 Å². The minimum atomic E-state index is -0.00707. The largest absolute Gasteiger partial charge is 0.329 e. The molecule has 2 unspecified atom stereocenters. The molecule has 0 aliphatic carbocycles. The first kappa shape index (κ1) is 15.3. The molecule has 0 heterocycles. The Hall–Kier alpha value is -0.720. The molecule has 1 aromatic carbocycles. The predicted molar refractivity (Wildman–Crippen MR) is 78.9 cm³/mol. The zero-order valence-corrected chi connectivity index (χ0v) is 11.9. The van der Waals surface area contributed by atoms with Gasteiger partial charge >= 0.3 is 0 Å². The van der Waals surface area contributed by atoms with E-state index in [-0.39, 0.29) is 12.1 Å². The quantitative estimate of drug-likeness (QED) is 0.786. The van der Waals surface area contributed by atoms with Gasteiger partial charge in [-0.2, -0.15) is 0 Å². The molecule has 0 spiro atoms. The lowest BCUT2D eigenvalue weighted by atomic mass is 10.0. The van der Waals surface area contributed by atoms with Crippen molar-refractivity contribution in [3.05, 3.63) is 33.8 Å². The first-order chi connectivity index (χ1) is 8.62. The average molecular weight is 285 g/mol. The third kappa shape index (κ3) is 4.19. The van der Waals surface area contributed by atoms with E-state index < -0.39 is 0 Å². The zero-order valence-electron chi connectivity index (χ0n) is 10.4. The highest BCUT2D eigenvalue weighted by Crippen LogP contribution is 2.25. The molecule has 3 N–H and O–H groups in total. The Morgan fingerprint density at radius 3 is 2.61 bits per heavy atom. The highest BCUT2D eigenvalue weighted by molar-refractivity contribution is 6.42. The molecule has 0 amide bonds. The predicted octanol–water partition coefficient (Wildman–Crippen LogP) is 3.38. The van der Waals surface area contributed by atoms with Gasteiger partial charge in [0, 0.05) is 12.6 Å². The van der Waals surface area contributed by atoms with Gasteiger partial charge in [0.05, 0.1) is 16.1 Å². The summed E-state index contributed by atoms with van der Waals surface area (Å²) in [6.45, 7) is 2.56. The molecule has 4 heteroatoms. The van der Waals surface area contributed by atoms with Crippen LogP contribution < -0.4 is 11.1 Å². The fourth-order valence-electron chi connectivity index (χ4n) is 1.78. The first-order valence-electron chi connectivity index (χ1n) is 5.99. The molecular formula is C14H18Cl2N2. The van der Waals surface area contributed by atoms with Crippen LogP contribution in [-0.2, 0) is 0 Å². The smallest absolute Gasteiger partial charge is 0.0692 e. The van der Waals surface area contributed by atoms with Crippen LogP contribution in [0.4, 0.5) is 0 Å². The molecular weight excluding hydrogens is 267 g/mol. The van der Waals surface area contributed by atoms with Gasteiger partial charge in [-0.25, -0.2) is 0 Å². The van der Waals surface area contributed by atoms with E-state index in [0.717, 1.165) is 18.4 Å². The zero-order chi connectivity index (χ0) is 13.5. The molecule has 0 saturated heterocycles. The molecule has 2 atom stereocenters. The summed E-state index contributed by atoms with van der Waals surface area (Å²) < 4.78 is 0. The third-order valence-corrected chi connectivity index (χ3v) is 3.50. The monoisotopic (exact) mass is 284 g/mol. The summed E-state index contributed by atoms with van der Waals surface area (Å²) in [7, 11) is 0. The van der Waals surface area contributed by atoms with Gasteiger partial charge in [-0.15, -0.1) is 6.42 Å². The van der Waals surface area contributed by atoms with Crippen LogP contribution in [0.3, 0.4) is 0 Å². The minimum absolute atomic E-state index is 0.00707. The van der Waals surface area contributed by atoms with E-state index in [1.54, 1.807) is 6.07 Å². The van der Waals surface area contributed by atoms with Crippen molar-refractivity contribution in [1.29, 1.82) is 0 Å². The molecule has 1 aromatic rings. The highest BCUT2D eigenvalue weighted by Gasteiger charge is 2.14. The van der Waals surface area contributed by atoms with Crippen LogP contribution in [0.25, 0.3) is 0 Å². The van der Waals surface area contributed by atoms with Crippen LogP contribution >= 0.6 is 23.2 Å². The van der Waals surface area contributed by atoms with Crippen molar-refractivity contribution < 1.29 is 0 Å². The second-order valence-corrected chi connectivity index (χ2v) is 4.95. The van der Waals surface area contributed by atoms with Crippen molar-refractivity contribution in [1.82, 2.24) is 5.32 Å². The van der Waals surface area contributed by atoms with Crippen LogP contribution in [0.2, 0.25) is 10.0 Å². The van der Waals surface area contributed by atoms with E-state index >= 15 is 0 Å². The van der Waals surface area contributed by atoms with Gasteiger partial charge in [0.25, 0.3) is 0 Å². The van der Waals surface area contributed by atoms with Crippen LogP contribution in [0.1, 0.15) is 31.4 Å². The fourth-order valence-corrected chi connectivity index (χ4v) is 2.08. The van der Waals surface area contributed by atoms with Crippen molar-refractivity contribution in [2.75, 3.05) is 6.54 Å². The SMILES string of the molecule is C#CC(CCC)NC(CN)c1ccc(Cl)c(Cl)c1. The number of hydrogen-bond acceptors (Lipinski definition) is 2. The summed E-state index contributed by atoms with van der Waals surface area (Å²) in [5.41, 5.74) is 6.79. The van der Waals surface area contributed by atoms with Crippen molar-refractivity contribution in [3.8, 4) is 12.3 Å². The lowest BCUT2D eigenvalue weighted by Gasteiger charge is -2.22. The maximum atomic E-state index is 6.01. The summed E-state index contributed by atoms with van der Waals surface area (Å²) in [5, 5.41) is 4.42. The van der Waals surface area contributed by atoms with Crippen molar-refractivity contribution in [3.63, 3.8) is 0 Å². The Balaban J connectivity index is 2.82. The van der Waals surface area contributed by atoms with Crippen molar-refractivity contribution >= 4 is 23.2 Å². The van der Waals surface area contributed by atoms with E-state index in [1.165, 1.54) is 0 Å². The van der Waals surface area contributed by atoms with Crippen LogP contribution in [-0.4, -0.2) is 12.6 Å². The Morgan fingerprint density at radius 2 is 2.11 bits per heavy atom. The Bertz CT molecular complexity index is 426. The van der Waals surface area contributed by atoms with Crippen LogP contribution in [0, 0.1) is 12.3 Å². The van der Waals surface area contributed by atoms with E-state index in [9.17, 15) is 0 Å². The normalized spacial score (nSPS) is 13.9. The van der Waals surface area contributed by atoms with E-state index in [4.69, 9.17) is 35.4 Å². The number of rotatable bonds is 6. The summed E-state index contributed by atoms with van der Waals surface area (Å²) in [6.07, 6.45) is 7.45. The first-order valence-corrected chi connectivity index (χ1v) is 6.75. The third-order valence-electron chi connectivity index (χ3n) is 2.76. The maximum absolute atomic E-state index is 6.01. The summed E-state index contributed by atoms with van der Waals surface area (Å²) in [4.78, 5) is 0. The molecule has 0 fully saturated rings. The van der Waals surface area contributed by atoms with Gasteiger partial charge < -0.3 is 5.73 Å². The number of nitrogens with one attached hydrogen (secondary N) is 1. The average Bonchev–Trinajstić information content (AvgIpc) is 2.38. The molecule has 2 nitrogen and oxygen atoms in total. The molecule has 0 aromatic heterocycles. The number of hydrogen-bond donors (Lipinski definition) is 2. The highest BCUT2D eigenvalue weighted by atomic mass is 35.5. The Kier molecular flexibility index (Phi) is 6.52.